The Morgan fingerprint density at radius 2 is 1.77 bits per heavy atom. The summed E-state index contributed by atoms with van der Waals surface area (Å²) in [5, 5.41) is 2.84. The monoisotopic (exact) mass is 373 g/mol. The van der Waals surface area contributed by atoms with E-state index in [1.165, 1.54) is 10.4 Å². The first-order valence-corrected chi connectivity index (χ1v) is 10.2. The molecule has 7 heteroatoms. The molecular formula is C19H23N3O3S. The second-order valence-electron chi connectivity index (χ2n) is 6.41. The van der Waals surface area contributed by atoms with Gasteiger partial charge in [-0.15, -0.1) is 0 Å². The number of hydrogen-bond donors (Lipinski definition) is 1. The van der Waals surface area contributed by atoms with Gasteiger partial charge in [0.15, 0.2) is 0 Å². The molecule has 26 heavy (non-hydrogen) atoms. The summed E-state index contributed by atoms with van der Waals surface area (Å²) >= 11 is 0. The zero-order valence-electron chi connectivity index (χ0n) is 14.8. The summed E-state index contributed by atoms with van der Waals surface area (Å²) in [5.41, 5.74) is 0.887. The molecule has 1 fully saturated rings. The smallest absolute Gasteiger partial charge is 0.253 e. The third-order valence-corrected chi connectivity index (χ3v) is 6.50. The first kappa shape index (κ1) is 18.5. The highest BCUT2D eigenvalue weighted by Gasteiger charge is 2.30. The third kappa shape index (κ3) is 3.94. The number of carbonyl (C=O) groups excluding carboxylic acids is 1. The molecule has 1 atom stereocenters. The molecule has 1 unspecified atom stereocenters. The van der Waals surface area contributed by atoms with Crippen LogP contribution in [0.15, 0.2) is 53.6 Å². The summed E-state index contributed by atoms with van der Waals surface area (Å²) in [5.74, 6) is -0.417. The Kier molecular flexibility index (Phi) is 5.68. The van der Waals surface area contributed by atoms with Crippen LogP contribution in [0.5, 0.6) is 0 Å². The van der Waals surface area contributed by atoms with Gasteiger partial charge in [-0.25, -0.2) is 8.42 Å². The van der Waals surface area contributed by atoms with Crippen LogP contribution >= 0.6 is 0 Å². The van der Waals surface area contributed by atoms with Gasteiger partial charge in [0.1, 0.15) is 0 Å². The molecule has 0 radical (unpaired) electrons. The van der Waals surface area contributed by atoms with E-state index in [4.69, 9.17) is 0 Å². The standard InChI is InChI=1S/C19H23N3O3S/c1-15(17-10-5-6-12-20-17)21-19(23)16-9-3-4-11-18(16)26(24,25)22-13-7-2-8-14-22/h3-6,9-12,15H,2,7-8,13-14H2,1H3,(H,21,23). The first-order valence-electron chi connectivity index (χ1n) is 8.81. The maximum Gasteiger partial charge on any atom is 0.253 e. The minimum Gasteiger partial charge on any atom is -0.344 e. The molecule has 6 nitrogen and oxygen atoms in total. The van der Waals surface area contributed by atoms with Gasteiger partial charge in [0, 0.05) is 19.3 Å². The van der Waals surface area contributed by atoms with Crippen molar-refractivity contribution in [2.75, 3.05) is 13.1 Å². The van der Waals surface area contributed by atoms with Crippen LogP contribution in [-0.2, 0) is 10.0 Å². The molecule has 0 aliphatic carbocycles. The van der Waals surface area contributed by atoms with Crippen molar-refractivity contribution in [3.63, 3.8) is 0 Å². The van der Waals surface area contributed by atoms with Gasteiger partial charge in [0.25, 0.3) is 5.91 Å². The predicted molar refractivity (Wildman–Crippen MR) is 99.2 cm³/mol. The fourth-order valence-corrected chi connectivity index (χ4v) is 4.81. The molecule has 138 valence electrons. The summed E-state index contributed by atoms with van der Waals surface area (Å²) in [6.07, 6.45) is 4.40. The second kappa shape index (κ2) is 7.97. The zero-order valence-corrected chi connectivity index (χ0v) is 15.6. The number of aromatic nitrogens is 1. The Hall–Kier alpha value is -2.25. The Bertz CT molecular complexity index is 863. The number of hydrogen-bond acceptors (Lipinski definition) is 4. The summed E-state index contributed by atoms with van der Waals surface area (Å²) < 4.78 is 27.5. The lowest BCUT2D eigenvalue weighted by atomic mass is 10.1. The molecule has 1 aliphatic heterocycles. The predicted octanol–water partition coefficient (Wildman–Crippen LogP) is 2.75. The number of piperidine rings is 1. The summed E-state index contributed by atoms with van der Waals surface area (Å²) in [6, 6.07) is 11.5. The van der Waals surface area contributed by atoms with Gasteiger partial charge in [0.2, 0.25) is 10.0 Å². The van der Waals surface area contributed by atoms with Gasteiger partial charge in [-0.05, 0) is 44.0 Å². The van der Waals surface area contributed by atoms with E-state index >= 15 is 0 Å². The molecule has 1 aromatic heterocycles. The van der Waals surface area contributed by atoms with Crippen LogP contribution in [0, 0.1) is 0 Å². The minimum atomic E-state index is -3.68. The summed E-state index contributed by atoms with van der Waals surface area (Å²) in [7, 11) is -3.68. The highest BCUT2D eigenvalue weighted by Crippen LogP contribution is 2.24. The van der Waals surface area contributed by atoms with Crippen molar-refractivity contribution in [2.45, 2.75) is 37.1 Å². The lowest BCUT2D eigenvalue weighted by molar-refractivity contribution is 0.0935. The number of pyridine rings is 1. The molecule has 0 bridgehead atoms. The van der Waals surface area contributed by atoms with Gasteiger partial charge < -0.3 is 5.32 Å². The lowest BCUT2D eigenvalue weighted by Gasteiger charge is -2.26. The van der Waals surface area contributed by atoms with Crippen LogP contribution in [0.1, 0.15) is 48.3 Å². The maximum absolute atomic E-state index is 13.0. The highest BCUT2D eigenvalue weighted by molar-refractivity contribution is 7.89. The van der Waals surface area contributed by atoms with E-state index in [1.807, 2.05) is 19.1 Å². The van der Waals surface area contributed by atoms with Gasteiger partial charge in [-0.1, -0.05) is 24.6 Å². The number of sulfonamides is 1. The van der Waals surface area contributed by atoms with E-state index in [0.29, 0.717) is 13.1 Å². The van der Waals surface area contributed by atoms with Gasteiger partial charge in [-0.3, -0.25) is 9.78 Å². The van der Waals surface area contributed by atoms with Gasteiger partial charge in [-0.2, -0.15) is 4.31 Å². The maximum atomic E-state index is 13.0. The first-order chi connectivity index (χ1) is 12.5. The molecule has 1 aliphatic rings. The Labute approximate surface area is 154 Å². The summed E-state index contributed by atoms with van der Waals surface area (Å²) in [4.78, 5) is 17.0. The van der Waals surface area contributed by atoms with Crippen LogP contribution in [0.3, 0.4) is 0 Å². The molecule has 3 rings (SSSR count). The largest absolute Gasteiger partial charge is 0.344 e. The third-order valence-electron chi connectivity index (χ3n) is 4.54. The van der Waals surface area contributed by atoms with Crippen LogP contribution in [0.2, 0.25) is 0 Å². The quantitative estimate of drug-likeness (QED) is 0.874. The van der Waals surface area contributed by atoms with Crippen molar-refractivity contribution in [1.29, 1.82) is 0 Å². The van der Waals surface area contributed by atoms with E-state index in [0.717, 1.165) is 25.0 Å². The fraction of sp³-hybridized carbons (Fsp3) is 0.368. The molecule has 1 saturated heterocycles. The molecule has 1 aromatic carbocycles. The molecule has 1 amide bonds. The number of amides is 1. The molecule has 2 heterocycles. The Morgan fingerprint density at radius 3 is 2.46 bits per heavy atom. The normalized spacial score (nSPS) is 16.8. The number of carbonyl (C=O) groups is 1. The SMILES string of the molecule is CC(NC(=O)c1ccccc1S(=O)(=O)N1CCCCC1)c1ccccn1. The highest BCUT2D eigenvalue weighted by atomic mass is 32.2. The average Bonchev–Trinajstić information content (AvgIpc) is 2.69. The minimum absolute atomic E-state index is 0.0626. The van der Waals surface area contributed by atoms with Crippen LogP contribution in [-0.4, -0.2) is 36.7 Å². The number of nitrogens with one attached hydrogen (secondary N) is 1. The van der Waals surface area contributed by atoms with Crippen molar-refractivity contribution in [1.82, 2.24) is 14.6 Å². The molecule has 2 aromatic rings. The Balaban J connectivity index is 1.85. The lowest BCUT2D eigenvalue weighted by Crippen LogP contribution is -2.37. The van der Waals surface area contributed by atoms with Gasteiger partial charge >= 0.3 is 0 Å². The number of rotatable bonds is 5. The molecule has 0 spiro atoms. The van der Waals surface area contributed by atoms with E-state index in [9.17, 15) is 13.2 Å². The van der Waals surface area contributed by atoms with E-state index in [1.54, 1.807) is 30.5 Å². The topological polar surface area (TPSA) is 79.4 Å². The van der Waals surface area contributed by atoms with Crippen LogP contribution in [0.4, 0.5) is 0 Å². The summed E-state index contributed by atoms with van der Waals surface area (Å²) in [6.45, 7) is 2.83. The second-order valence-corrected chi connectivity index (χ2v) is 8.32. The van der Waals surface area contributed by atoms with E-state index in [-0.39, 0.29) is 16.5 Å². The fourth-order valence-electron chi connectivity index (χ4n) is 3.10. The Morgan fingerprint density at radius 1 is 1.08 bits per heavy atom. The van der Waals surface area contributed by atoms with Crippen molar-refractivity contribution >= 4 is 15.9 Å². The number of nitrogens with zero attached hydrogens (tertiary/aromatic N) is 2. The number of benzene rings is 1. The average molecular weight is 373 g/mol. The molecule has 1 N–H and O–H groups in total. The van der Waals surface area contributed by atoms with Crippen molar-refractivity contribution in [3.8, 4) is 0 Å². The van der Waals surface area contributed by atoms with Crippen molar-refractivity contribution < 1.29 is 13.2 Å². The van der Waals surface area contributed by atoms with E-state index in [2.05, 4.69) is 10.3 Å². The van der Waals surface area contributed by atoms with Gasteiger partial charge in [0.05, 0.1) is 22.2 Å². The molecule has 0 saturated carbocycles. The van der Waals surface area contributed by atoms with Crippen LogP contribution < -0.4 is 5.32 Å². The molecular weight excluding hydrogens is 350 g/mol. The van der Waals surface area contributed by atoms with E-state index < -0.39 is 15.9 Å². The van der Waals surface area contributed by atoms with Crippen molar-refractivity contribution in [2.24, 2.45) is 0 Å². The zero-order chi connectivity index (χ0) is 18.6. The van der Waals surface area contributed by atoms with Crippen molar-refractivity contribution in [3.05, 3.63) is 59.9 Å². The van der Waals surface area contributed by atoms with Crippen LogP contribution in [0.25, 0.3) is 0 Å².